The van der Waals surface area contributed by atoms with E-state index >= 15 is 0 Å². The van der Waals surface area contributed by atoms with Crippen LogP contribution in [0, 0.1) is 6.92 Å². The Morgan fingerprint density at radius 2 is 1.57 bits per heavy atom. The first-order chi connectivity index (χ1) is 16.9. The third-order valence-corrected chi connectivity index (χ3v) is 6.85. The predicted molar refractivity (Wildman–Crippen MR) is 130 cm³/mol. The maximum atomic E-state index is 13.2. The quantitative estimate of drug-likeness (QED) is 0.561. The van der Waals surface area contributed by atoms with Gasteiger partial charge in [-0.3, -0.25) is 4.79 Å². The molecule has 7 nitrogen and oxygen atoms in total. The van der Waals surface area contributed by atoms with Crippen LogP contribution in [0.25, 0.3) is 11.1 Å². The molecule has 3 aromatic carbocycles. The number of ether oxygens (including phenoxy) is 1. The minimum absolute atomic E-state index is 0.103. The van der Waals surface area contributed by atoms with E-state index in [9.17, 15) is 19.5 Å². The van der Waals surface area contributed by atoms with Gasteiger partial charge in [0.05, 0.1) is 0 Å². The predicted octanol–water partition coefficient (Wildman–Crippen LogP) is 4.26. The minimum atomic E-state index is -1.05. The van der Waals surface area contributed by atoms with Crippen molar-refractivity contribution < 1.29 is 24.2 Å². The molecular weight excluding hydrogens is 444 g/mol. The fourth-order valence-corrected chi connectivity index (χ4v) is 4.88. The number of amides is 2. The van der Waals surface area contributed by atoms with Gasteiger partial charge in [-0.05, 0) is 41.2 Å². The average molecular weight is 471 g/mol. The molecule has 7 heteroatoms. The largest absolute Gasteiger partial charge is 0.480 e. The number of aryl methyl sites for hydroxylation is 1. The van der Waals surface area contributed by atoms with Crippen LogP contribution in [0.3, 0.4) is 0 Å². The van der Waals surface area contributed by atoms with Crippen molar-refractivity contribution in [3.05, 3.63) is 95.1 Å². The van der Waals surface area contributed by atoms with Crippen molar-refractivity contribution in [2.45, 2.75) is 31.3 Å². The lowest BCUT2D eigenvalue weighted by Crippen LogP contribution is -2.58. The number of nitrogens with one attached hydrogen (secondary N) is 1. The highest BCUT2D eigenvalue weighted by Gasteiger charge is 2.41. The number of carbonyl (C=O) groups is 3. The highest BCUT2D eigenvalue weighted by Crippen LogP contribution is 2.44. The number of carboxylic acid groups (broad SMARTS) is 1. The summed E-state index contributed by atoms with van der Waals surface area (Å²) in [6, 6.07) is 21.4. The van der Waals surface area contributed by atoms with Gasteiger partial charge in [0.1, 0.15) is 18.7 Å². The van der Waals surface area contributed by atoms with Crippen molar-refractivity contribution >= 4 is 18.0 Å². The monoisotopic (exact) mass is 470 g/mol. The smallest absolute Gasteiger partial charge is 0.408 e. The molecule has 2 aliphatic rings. The topological polar surface area (TPSA) is 95.9 Å². The van der Waals surface area contributed by atoms with Gasteiger partial charge in [0.25, 0.3) is 5.91 Å². The van der Waals surface area contributed by atoms with Gasteiger partial charge in [0.15, 0.2) is 0 Å². The van der Waals surface area contributed by atoms with Gasteiger partial charge in [0, 0.05) is 12.5 Å². The van der Waals surface area contributed by atoms with E-state index in [-0.39, 0.29) is 12.5 Å². The number of carbonyl (C=O) groups excluding carboxylic acids is 2. The van der Waals surface area contributed by atoms with Crippen LogP contribution in [-0.2, 0) is 14.3 Å². The molecule has 0 aromatic heterocycles. The maximum Gasteiger partial charge on any atom is 0.408 e. The van der Waals surface area contributed by atoms with Crippen molar-refractivity contribution in [3.8, 4) is 11.1 Å². The molecule has 1 fully saturated rings. The van der Waals surface area contributed by atoms with Crippen LogP contribution in [0.2, 0.25) is 0 Å². The Labute approximate surface area is 203 Å². The molecule has 0 bridgehead atoms. The van der Waals surface area contributed by atoms with Crippen LogP contribution in [-0.4, -0.2) is 47.2 Å². The van der Waals surface area contributed by atoms with E-state index in [1.54, 1.807) is 12.1 Å². The van der Waals surface area contributed by atoms with Crippen LogP contribution in [0.1, 0.15) is 40.6 Å². The molecule has 1 aliphatic carbocycles. The van der Waals surface area contributed by atoms with E-state index in [1.807, 2.05) is 55.5 Å². The first-order valence-electron chi connectivity index (χ1n) is 11.7. The summed E-state index contributed by atoms with van der Waals surface area (Å²) in [6.45, 7) is 2.39. The number of alkyl carbamates (subject to hydrolysis) is 1. The number of fused-ring (bicyclic) bond motifs is 3. The summed E-state index contributed by atoms with van der Waals surface area (Å²) in [6.07, 6.45) is -0.328. The molecule has 2 N–H and O–H groups in total. The summed E-state index contributed by atoms with van der Waals surface area (Å²) in [7, 11) is 0. The van der Waals surface area contributed by atoms with Crippen molar-refractivity contribution in [3.63, 3.8) is 0 Å². The second-order valence-electron chi connectivity index (χ2n) is 8.99. The van der Waals surface area contributed by atoms with Gasteiger partial charge >= 0.3 is 12.1 Å². The first-order valence-corrected chi connectivity index (χ1v) is 11.7. The molecule has 2 unspecified atom stereocenters. The summed E-state index contributed by atoms with van der Waals surface area (Å²) in [5.74, 6) is -1.61. The van der Waals surface area contributed by atoms with Crippen molar-refractivity contribution in [2.24, 2.45) is 0 Å². The summed E-state index contributed by atoms with van der Waals surface area (Å²) in [4.78, 5) is 38.9. The molecule has 0 radical (unpaired) electrons. The Balaban J connectivity index is 1.33. The summed E-state index contributed by atoms with van der Waals surface area (Å²) < 4.78 is 5.63. The molecule has 2 amide bonds. The van der Waals surface area contributed by atoms with Crippen LogP contribution in [0.4, 0.5) is 4.79 Å². The SMILES string of the molecule is Cc1ccc(C(NC(=O)OCC2c3ccccc3-c3ccccc32)C(=O)N2CCC2C(=O)O)cc1. The number of carboxylic acids is 1. The maximum absolute atomic E-state index is 13.2. The zero-order valence-corrected chi connectivity index (χ0v) is 19.3. The number of hydrogen-bond acceptors (Lipinski definition) is 4. The van der Waals surface area contributed by atoms with Gasteiger partial charge in [-0.15, -0.1) is 0 Å². The Kier molecular flexibility index (Phi) is 5.99. The lowest BCUT2D eigenvalue weighted by Gasteiger charge is -2.40. The Morgan fingerprint density at radius 3 is 2.11 bits per heavy atom. The second kappa shape index (κ2) is 9.25. The highest BCUT2D eigenvalue weighted by atomic mass is 16.5. The third-order valence-electron chi connectivity index (χ3n) is 6.85. The first kappa shape index (κ1) is 22.7. The van der Waals surface area contributed by atoms with E-state index in [2.05, 4.69) is 17.4 Å². The van der Waals surface area contributed by atoms with Gasteiger partial charge in [-0.25, -0.2) is 9.59 Å². The van der Waals surface area contributed by atoms with E-state index in [0.717, 1.165) is 27.8 Å². The van der Waals surface area contributed by atoms with Gasteiger partial charge in [0.2, 0.25) is 0 Å². The summed E-state index contributed by atoms with van der Waals surface area (Å²) >= 11 is 0. The molecule has 1 heterocycles. The normalized spacial score (nSPS) is 17.1. The Bertz CT molecular complexity index is 1240. The summed E-state index contributed by atoms with van der Waals surface area (Å²) in [5, 5.41) is 12.1. The molecule has 178 valence electrons. The lowest BCUT2D eigenvalue weighted by atomic mass is 9.98. The van der Waals surface area contributed by atoms with Crippen molar-refractivity contribution in [2.75, 3.05) is 13.2 Å². The van der Waals surface area contributed by atoms with Crippen LogP contribution in [0.5, 0.6) is 0 Å². The number of hydrogen-bond donors (Lipinski definition) is 2. The number of likely N-dealkylation sites (tertiary alicyclic amines) is 1. The fourth-order valence-electron chi connectivity index (χ4n) is 4.88. The number of nitrogens with zero attached hydrogens (tertiary/aromatic N) is 1. The molecular formula is C28H26N2O5. The number of rotatable bonds is 6. The fraction of sp³-hybridized carbons (Fsp3) is 0.250. The van der Waals surface area contributed by atoms with E-state index in [1.165, 1.54) is 4.90 Å². The van der Waals surface area contributed by atoms with Gasteiger partial charge in [-0.2, -0.15) is 0 Å². The second-order valence-corrected chi connectivity index (χ2v) is 8.99. The molecule has 1 saturated heterocycles. The molecule has 0 saturated carbocycles. The summed E-state index contributed by atoms with van der Waals surface area (Å²) in [5.41, 5.74) is 6.03. The zero-order chi connectivity index (χ0) is 24.5. The Morgan fingerprint density at radius 1 is 0.971 bits per heavy atom. The molecule has 5 rings (SSSR count). The van der Waals surface area contributed by atoms with Gasteiger partial charge in [-0.1, -0.05) is 78.4 Å². The lowest BCUT2D eigenvalue weighted by molar-refractivity contribution is -0.158. The molecule has 2 atom stereocenters. The number of benzene rings is 3. The van der Waals surface area contributed by atoms with Crippen LogP contribution in [0.15, 0.2) is 72.8 Å². The van der Waals surface area contributed by atoms with Crippen LogP contribution >= 0.6 is 0 Å². The van der Waals surface area contributed by atoms with Gasteiger partial charge < -0.3 is 20.1 Å². The van der Waals surface area contributed by atoms with E-state index < -0.39 is 30.1 Å². The molecule has 3 aromatic rings. The standard InChI is InChI=1S/C28H26N2O5/c1-17-10-12-18(13-11-17)25(26(31)30-15-14-24(30)27(32)33)29-28(34)35-16-23-21-8-4-2-6-19(21)20-7-3-5-9-22(20)23/h2-13,23-25H,14-16H2,1H3,(H,29,34)(H,32,33). The van der Waals surface area contributed by atoms with E-state index in [0.29, 0.717) is 18.5 Å². The average Bonchev–Trinajstić information content (AvgIpc) is 3.14. The zero-order valence-electron chi connectivity index (χ0n) is 19.3. The third kappa shape index (κ3) is 4.25. The van der Waals surface area contributed by atoms with E-state index in [4.69, 9.17) is 4.74 Å². The Hall–Kier alpha value is -4.13. The van der Waals surface area contributed by atoms with Crippen molar-refractivity contribution in [1.29, 1.82) is 0 Å². The van der Waals surface area contributed by atoms with Crippen LogP contribution < -0.4 is 5.32 Å². The number of aliphatic carboxylic acids is 1. The van der Waals surface area contributed by atoms with Crippen molar-refractivity contribution in [1.82, 2.24) is 10.2 Å². The molecule has 1 aliphatic heterocycles. The molecule has 35 heavy (non-hydrogen) atoms. The minimum Gasteiger partial charge on any atom is -0.480 e. The molecule has 0 spiro atoms. The highest BCUT2D eigenvalue weighted by molar-refractivity contribution is 5.91.